The van der Waals surface area contributed by atoms with Crippen LogP contribution in [0.4, 0.5) is 24.7 Å². The first-order valence-electron chi connectivity index (χ1n) is 11.7. The number of nitrogens with one attached hydrogen (secondary N) is 1. The lowest BCUT2D eigenvalue weighted by atomic mass is 10.0. The van der Waals surface area contributed by atoms with Crippen molar-refractivity contribution in [3.05, 3.63) is 68.2 Å². The van der Waals surface area contributed by atoms with E-state index in [0.717, 1.165) is 16.8 Å². The number of hydrogen-bond acceptors (Lipinski definition) is 8. The zero-order chi connectivity index (χ0) is 30.8. The topological polar surface area (TPSA) is 188 Å². The molecule has 218 valence electrons. The van der Waals surface area contributed by atoms with Crippen LogP contribution >= 0.6 is 15.9 Å². The summed E-state index contributed by atoms with van der Waals surface area (Å²) in [6, 6.07) is 1.77. The van der Waals surface area contributed by atoms with Gasteiger partial charge in [-0.15, -0.1) is 0 Å². The van der Waals surface area contributed by atoms with Gasteiger partial charge in [0.25, 0.3) is 0 Å². The monoisotopic (exact) mass is 641 g/mol. The number of nitrogens with zero attached hydrogens (tertiary/aromatic N) is 3. The number of pyridine rings is 2. The van der Waals surface area contributed by atoms with Crippen molar-refractivity contribution in [1.82, 2.24) is 14.9 Å². The molecule has 16 heteroatoms. The Balaban J connectivity index is 0.000000507. The van der Waals surface area contributed by atoms with E-state index in [0.29, 0.717) is 31.3 Å². The van der Waals surface area contributed by atoms with Crippen LogP contribution in [0.15, 0.2) is 39.7 Å². The minimum atomic E-state index is -1.60. The third-order valence-corrected chi connectivity index (χ3v) is 6.44. The maximum absolute atomic E-state index is 15.1. The van der Waals surface area contributed by atoms with E-state index in [1.807, 2.05) is 13.8 Å². The van der Waals surface area contributed by atoms with Crippen molar-refractivity contribution in [2.75, 3.05) is 23.7 Å². The summed E-state index contributed by atoms with van der Waals surface area (Å²) in [6.07, 6.45) is 1.98. The van der Waals surface area contributed by atoms with E-state index in [1.165, 1.54) is 0 Å². The summed E-state index contributed by atoms with van der Waals surface area (Å²) in [5.41, 5.74) is 3.89. The minimum absolute atomic E-state index is 0.0286. The molecule has 0 bridgehead atoms. The summed E-state index contributed by atoms with van der Waals surface area (Å²) in [5.74, 6) is -8.28. The molecular formula is C25H23BrF3N5O7. The fraction of sp³-hybridized carbons (Fsp3) is 0.240. The highest BCUT2D eigenvalue weighted by atomic mass is 79.9. The molecule has 1 aliphatic heterocycles. The van der Waals surface area contributed by atoms with Crippen LogP contribution in [0.5, 0.6) is 0 Å². The molecule has 0 spiro atoms. The van der Waals surface area contributed by atoms with Crippen molar-refractivity contribution >= 4 is 56.2 Å². The predicted molar refractivity (Wildman–Crippen MR) is 145 cm³/mol. The van der Waals surface area contributed by atoms with Crippen molar-refractivity contribution in [2.24, 2.45) is 0 Å². The summed E-state index contributed by atoms with van der Waals surface area (Å²) in [5, 5.41) is 28.1. The molecule has 4 rings (SSSR count). The molecule has 41 heavy (non-hydrogen) atoms. The zero-order valence-corrected chi connectivity index (χ0v) is 22.9. The Morgan fingerprint density at radius 3 is 2.17 bits per heavy atom. The quantitative estimate of drug-likeness (QED) is 0.239. The molecule has 0 unspecified atom stereocenters. The molecule has 3 aromatic rings. The summed E-state index contributed by atoms with van der Waals surface area (Å²) in [4.78, 5) is 49.0. The zero-order valence-electron chi connectivity index (χ0n) is 21.4. The lowest BCUT2D eigenvalue weighted by Gasteiger charge is -2.43. The van der Waals surface area contributed by atoms with Gasteiger partial charge in [-0.25, -0.2) is 32.5 Å². The Labute approximate surface area is 237 Å². The standard InChI is InChI=1S/C21H19BrF3N5O3.C4H4O4/c1-8(2)27-9-5-29(6-9)17-12(23)3-10-16(15(17)22)30(7-11(18(10)31)21(32)33)20-14(25)4-13(24)19(26)28-20;5-3(6)1-2-4(7)8/h3-4,7-9,27H,5-6H2,1-2H3,(H2,26,28)(H,32,33);1-2H,(H,5,6)(H,7,8). The van der Waals surface area contributed by atoms with E-state index >= 15 is 4.39 Å². The number of hydrogen-bond donors (Lipinski definition) is 5. The van der Waals surface area contributed by atoms with E-state index < -0.39 is 58.0 Å². The van der Waals surface area contributed by atoms with Gasteiger partial charge in [-0.05, 0) is 22.0 Å². The van der Waals surface area contributed by atoms with Gasteiger partial charge in [-0.2, -0.15) is 0 Å². The number of halogens is 4. The number of rotatable bonds is 7. The summed E-state index contributed by atoms with van der Waals surface area (Å²) in [6.45, 7) is 4.94. The highest BCUT2D eigenvalue weighted by Crippen LogP contribution is 2.39. The molecule has 3 heterocycles. The van der Waals surface area contributed by atoms with Crippen molar-refractivity contribution in [2.45, 2.75) is 25.9 Å². The van der Waals surface area contributed by atoms with Crippen LogP contribution in [0.2, 0.25) is 0 Å². The molecular weight excluding hydrogens is 619 g/mol. The number of carboxylic acids is 3. The van der Waals surface area contributed by atoms with E-state index in [-0.39, 0.29) is 33.1 Å². The molecule has 0 radical (unpaired) electrons. The maximum Gasteiger partial charge on any atom is 0.341 e. The first-order valence-corrected chi connectivity index (χ1v) is 12.5. The molecule has 0 aliphatic carbocycles. The molecule has 0 amide bonds. The average molecular weight is 642 g/mol. The highest BCUT2D eigenvalue weighted by Gasteiger charge is 2.32. The third kappa shape index (κ3) is 6.83. The van der Waals surface area contributed by atoms with Crippen molar-refractivity contribution < 1.29 is 42.9 Å². The highest BCUT2D eigenvalue weighted by molar-refractivity contribution is 9.10. The number of aromatic nitrogens is 2. The number of nitrogen functional groups attached to an aromatic ring is 1. The van der Waals surface area contributed by atoms with Gasteiger partial charge in [0.1, 0.15) is 11.4 Å². The van der Waals surface area contributed by atoms with Gasteiger partial charge >= 0.3 is 17.9 Å². The first-order chi connectivity index (χ1) is 19.1. The second-order valence-electron chi connectivity index (χ2n) is 9.06. The fourth-order valence-corrected chi connectivity index (χ4v) is 4.88. The summed E-state index contributed by atoms with van der Waals surface area (Å²) in [7, 11) is 0. The van der Waals surface area contributed by atoms with Gasteiger partial charge in [0.2, 0.25) is 5.43 Å². The second-order valence-corrected chi connectivity index (χ2v) is 9.85. The average Bonchev–Trinajstić information content (AvgIpc) is 2.84. The second kappa shape index (κ2) is 12.4. The van der Waals surface area contributed by atoms with Gasteiger partial charge < -0.3 is 31.3 Å². The third-order valence-electron chi connectivity index (χ3n) is 5.69. The van der Waals surface area contributed by atoms with Gasteiger partial charge in [0.05, 0.1) is 21.1 Å². The van der Waals surface area contributed by atoms with Crippen molar-refractivity contribution in [1.29, 1.82) is 0 Å². The molecule has 1 aromatic carbocycles. The van der Waals surface area contributed by atoms with E-state index in [9.17, 15) is 33.1 Å². The van der Waals surface area contributed by atoms with Crippen LogP contribution in [0, 0.1) is 17.5 Å². The van der Waals surface area contributed by atoms with E-state index in [1.54, 1.807) is 4.90 Å². The molecule has 0 saturated carbocycles. The SMILES string of the molecule is CC(C)NC1CN(c2c(F)cc3c(=O)c(C(=O)O)cn(-c4nc(N)c(F)cc4F)c3c2Br)C1.O=C(O)C=CC(=O)O. The first kappa shape index (κ1) is 31.1. The Bertz CT molecular complexity index is 1620. The number of carbonyl (C=O) groups is 3. The maximum atomic E-state index is 15.1. The van der Waals surface area contributed by atoms with Crippen LogP contribution in [0.1, 0.15) is 24.2 Å². The fourth-order valence-electron chi connectivity index (χ4n) is 4.03. The van der Waals surface area contributed by atoms with Crippen LogP contribution in [0.25, 0.3) is 16.7 Å². The van der Waals surface area contributed by atoms with Crippen LogP contribution < -0.4 is 21.4 Å². The van der Waals surface area contributed by atoms with Crippen LogP contribution in [-0.2, 0) is 9.59 Å². The Hall–Kier alpha value is -4.44. The number of nitrogens with two attached hydrogens (primary N) is 1. The number of anilines is 2. The number of fused-ring (bicyclic) bond motifs is 1. The molecule has 1 fully saturated rings. The van der Waals surface area contributed by atoms with E-state index in [4.69, 9.17) is 15.9 Å². The van der Waals surface area contributed by atoms with Gasteiger partial charge in [-0.3, -0.25) is 9.36 Å². The lowest BCUT2D eigenvalue weighted by Crippen LogP contribution is -2.59. The number of aliphatic carboxylic acids is 2. The molecule has 0 atom stereocenters. The predicted octanol–water partition coefficient (Wildman–Crippen LogP) is 2.74. The van der Waals surface area contributed by atoms with Crippen molar-refractivity contribution in [3.63, 3.8) is 0 Å². The van der Waals surface area contributed by atoms with Crippen LogP contribution in [0.3, 0.4) is 0 Å². The number of benzene rings is 1. The van der Waals surface area contributed by atoms with Gasteiger partial charge in [-0.1, -0.05) is 13.8 Å². The molecule has 1 saturated heterocycles. The summed E-state index contributed by atoms with van der Waals surface area (Å²) < 4.78 is 44.6. The number of aromatic carboxylic acids is 1. The van der Waals surface area contributed by atoms with Crippen LogP contribution in [-0.4, -0.2) is 68.0 Å². The Morgan fingerprint density at radius 2 is 1.66 bits per heavy atom. The Kier molecular flexibility index (Phi) is 9.39. The lowest BCUT2D eigenvalue weighted by molar-refractivity contribution is -0.134. The molecule has 2 aromatic heterocycles. The largest absolute Gasteiger partial charge is 0.478 e. The smallest absolute Gasteiger partial charge is 0.341 e. The summed E-state index contributed by atoms with van der Waals surface area (Å²) >= 11 is 3.32. The van der Waals surface area contributed by atoms with E-state index in [2.05, 4.69) is 26.2 Å². The Morgan fingerprint density at radius 1 is 1.07 bits per heavy atom. The van der Waals surface area contributed by atoms with Crippen molar-refractivity contribution in [3.8, 4) is 5.82 Å². The minimum Gasteiger partial charge on any atom is -0.478 e. The van der Waals surface area contributed by atoms with Gasteiger partial charge in [0, 0.05) is 49.6 Å². The molecule has 1 aliphatic rings. The molecule has 6 N–H and O–H groups in total. The van der Waals surface area contributed by atoms with Gasteiger partial charge in [0.15, 0.2) is 23.3 Å². The molecule has 12 nitrogen and oxygen atoms in total. The normalized spacial score (nSPS) is 13.3. The number of carboxylic acid groups (broad SMARTS) is 3.